The van der Waals surface area contributed by atoms with Crippen LogP contribution in [0.2, 0.25) is 0 Å². The van der Waals surface area contributed by atoms with Crippen molar-refractivity contribution in [1.29, 1.82) is 0 Å². The van der Waals surface area contributed by atoms with Crippen LogP contribution in [0.1, 0.15) is 67.2 Å². The summed E-state index contributed by atoms with van der Waals surface area (Å²) in [5.41, 5.74) is -4.09. The Morgan fingerprint density at radius 1 is 1.11 bits per heavy atom. The Kier molecular flexibility index (Phi) is 6.19. The number of esters is 2. The third-order valence-electron chi connectivity index (χ3n) is 8.87. The van der Waals surface area contributed by atoms with Gasteiger partial charge in [-0.2, -0.15) is 0 Å². The summed E-state index contributed by atoms with van der Waals surface area (Å²) < 4.78 is 23.5. The van der Waals surface area contributed by atoms with E-state index in [1.54, 1.807) is 6.92 Å². The van der Waals surface area contributed by atoms with Gasteiger partial charge in [0.2, 0.25) is 0 Å². The summed E-state index contributed by atoms with van der Waals surface area (Å²) in [6.07, 6.45) is -2.77. The maximum Gasteiger partial charge on any atom is 0.509 e. The second kappa shape index (κ2) is 8.30. The van der Waals surface area contributed by atoms with E-state index in [2.05, 4.69) is 15.9 Å². The first-order chi connectivity index (χ1) is 16.1. The molecule has 0 amide bonds. The van der Waals surface area contributed by atoms with E-state index in [-0.39, 0.29) is 17.5 Å². The fourth-order valence-corrected chi connectivity index (χ4v) is 7.99. The Balaban J connectivity index is 2.12. The average molecular weight is 557 g/mol. The Morgan fingerprint density at radius 2 is 1.74 bits per heavy atom. The minimum atomic E-state index is -1.45. The van der Waals surface area contributed by atoms with E-state index in [1.165, 1.54) is 13.8 Å². The molecule has 0 aromatic heterocycles. The van der Waals surface area contributed by atoms with Crippen molar-refractivity contribution in [2.24, 2.45) is 16.7 Å². The lowest BCUT2D eigenvalue weighted by Gasteiger charge is -2.62. The van der Waals surface area contributed by atoms with Crippen molar-refractivity contribution in [3.05, 3.63) is 11.1 Å². The number of fused-ring (bicyclic) bond motifs is 3. The maximum atomic E-state index is 13.4. The molecule has 35 heavy (non-hydrogen) atoms. The quantitative estimate of drug-likeness (QED) is 0.316. The number of allylic oxidation sites excluding steroid dienone is 1. The number of aliphatic hydroxyl groups is 1. The molecule has 1 spiro atoms. The second-order valence-corrected chi connectivity index (χ2v) is 11.7. The van der Waals surface area contributed by atoms with Gasteiger partial charge in [0.05, 0.1) is 12.0 Å². The standard InChI is InChI=1S/C25H33BrO9/c1-12-15(29)10-25-20(34-21(30)35-25)18-23(6,8-7-9-24(18,31)11-26)19(33-14(3)28)17(32-13(2)27)16(12)22(25,4)5/h17-20,31H,7-11H2,1-6H3/t17-,18+,19+,20+,23-,24-,25-/m1/s1. The topological polar surface area (TPSA) is 125 Å². The number of ketones is 1. The molecule has 3 aliphatic carbocycles. The van der Waals surface area contributed by atoms with Gasteiger partial charge in [-0.3, -0.25) is 14.4 Å². The van der Waals surface area contributed by atoms with Crippen LogP contribution in [0.3, 0.4) is 0 Å². The summed E-state index contributed by atoms with van der Waals surface area (Å²) in [5.74, 6) is -2.30. The van der Waals surface area contributed by atoms with Crippen LogP contribution in [0.4, 0.5) is 4.79 Å². The highest BCUT2D eigenvalue weighted by Crippen LogP contribution is 2.65. The van der Waals surface area contributed by atoms with E-state index in [4.69, 9.17) is 18.9 Å². The number of Topliss-reactive ketones (excluding diaryl/α,β-unsaturated/α-hetero) is 1. The van der Waals surface area contributed by atoms with Crippen molar-refractivity contribution in [2.75, 3.05) is 5.33 Å². The number of alkyl halides is 1. The second-order valence-electron chi connectivity index (χ2n) is 11.2. The molecule has 1 aliphatic heterocycles. The highest BCUT2D eigenvalue weighted by atomic mass is 79.9. The number of rotatable bonds is 3. The third-order valence-corrected chi connectivity index (χ3v) is 9.84. The number of hydrogen-bond acceptors (Lipinski definition) is 9. The fourth-order valence-electron chi connectivity index (χ4n) is 7.36. The van der Waals surface area contributed by atoms with Gasteiger partial charge < -0.3 is 24.1 Å². The zero-order chi connectivity index (χ0) is 26.1. The zero-order valence-electron chi connectivity index (χ0n) is 20.9. The minimum absolute atomic E-state index is 0.137. The molecule has 0 radical (unpaired) electrons. The number of carbonyl (C=O) groups is 4. The summed E-state index contributed by atoms with van der Waals surface area (Å²) >= 11 is 3.45. The Labute approximate surface area is 213 Å². The van der Waals surface area contributed by atoms with Crippen molar-refractivity contribution >= 4 is 39.8 Å². The fraction of sp³-hybridized carbons (Fsp3) is 0.760. The molecule has 9 nitrogen and oxygen atoms in total. The predicted octanol–water partition coefficient (Wildman–Crippen LogP) is 3.39. The van der Waals surface area contributed by atoms with Gasteiger partial charge in [0.1, 0.15) is 6.10 Å². The molecule has 4 rings (SSSR count). The van der Waals surface area contributed by atoms with Crippen LogP contribution in [0.15, 0.2) is 11.1 Å². The lowest BCUT2D eigenvalue weighted by molar-refractivity contribution is -0.236. The van der Waals surface area contributed by atoms with Gasteiger partial charge in [-0.15, -0.1) is 0 Å². The number of halogens is 1. The first-order valence-corrected chi connectivity index (χ1v) is 13.0. The summed E-state index contributed by atoms with van der Waals surface area (Å²) in [6, 6.07) is 0. The van der Waals surface area contributed by atoms with Crippen molar-refractivity contribution < 1.29 is 43.2 Å². The van der Waals surface area contributed by atoms with Crippen LogP contribution in [0, 0.1) is 16.7 Å². The van der Waals surface area contributed by atoms with Gasteiger partial charge in [-0.05, 0) is 37.3 Å². The maximum absolute atomic E-state index is 13.4. The summed E-state index contributed by atoms with van der Waals surface area (Å²) in [6.45, 7) is 9.66. The molecule has 1 saturated heterocycles. The van der Waals surface area contributed by atoms with Crippen LogP contribution in [-0.2, 0) is 33.3 Å². The van der Waals surface area contributed by atoms with Gasteiger partial charge in [0, 0.05) is 35.9 Å². The van der Waals surface area contributed by atoms with Gasteiger partial charge in [-0.25, -0.2) is 4.79 Å². The van der Waals surface area contributed by atoms with E-state index in [0.29, 0.717) is 30.4 Å². The molecule has 0 aromatic rings. The first-order valence-electron chi connectivity index (χ1n) is 11.9. The van der Waals surface area contributed by atoms with Crippen molar-refractivity contribution in [1.82, 2.24) is 0 Å². The number of carbonyl (C=O) groups excluding carboxylic acids is 4. The van der Waals surface area contributed by atoms with Gasteiger partial charge in [-0.1, -0.05) is 36.7 Å². The zero-order valence-corrected chi connectivity index (χ0v) is 22.5. The van der Waals surface area contributed by atoms with Crippen LogP contribution in [0.5, 0.6) is 0 Å². The molecule has 10 heteroatoms. The van der Waals surface area contributed by atoms with Crippen molar-refractivity contribution in [2.45, 2.75) is 96.7 Å². The SMILES string of the molecule is CC(=O)O[C@@H]1C2=C(C)C(=O)C[C@]3(OC(=O)O[C@H]3[C@@H]3[C@](O)(CBr)CCC[C@@]3(C)[C@H]1OC(C)=O)C2(C)C. The van der Waals surface area contributed by atoms with Gasteiger partial charge in [0.15, 0.2) is 23.6 Å². The summed E-state index contributed by atoms with van der Waals surface area (Å²) in [5, 5.41) is 12.1. The Hall–Kier alpha value is -1.94. The minimum Gasteiger partial charge on any atom is -0.458 e. The lowest BCUT2D eigenvalue weighted by Crippen LogP contribution is -2.72. The van der Waals surface area contributed by atoms with E-state index in [1.807, 2.05) is 20.8 Å². The van der Waals surface area contributed by atoms with Crippen LogP contribution < -0.4 is 0 Å². The van der Waals surface area contributed by atoms with Gasteiger partial charge >= 0.3 is 18.1 Å². The molecule has 4 aliphatic rings. The molecular weight excluding hydrogens is 524 g/mol. The average Bonchev–Trinajstić information content (AvgIpc) is 3.05. The van der Waals surface area contributed by atoms with E-state index < -0.39 is 64.4 Å². The monoisotopic (exact) mass is 556 g/mol. The van der Waals surface area contributed by atoms with Crippen molar-refractivity contribution in [3.8, 4) is 0 Å². The van der Waals surface area contributed by atoms with Gasteiger partial charge in [0.25, 0.3) is 0 Å². The molecule has 0 unspecified atom stereocenters. The smallest absolute Gasteiger partial charge is 0.458 e. The molecule has 2 saturated carbocycles. The van der Waals surface area contributed by atoms with Crippen LogP contribution in [0.25, 0.3) is 0 Å². The molecule has 1 N–H and O–H groups in total. The normalized spacial score (nSPS) is 42.1. The molecule has 2 bridgehead atoms. The Morgan fingerprint density at radius 3 is 2.31 bits per heavy atom. The summed E-state index contributed by atoms with van der Waals surface area (Å²) in [4.78, 5) is 51.0. The molecule has 3 fully saturated rings. The molecule has 7 atom stereocenters. The Bertz CT molecular complexity index is 1020. The molecular formula is C25H33BrO9. The van der Waals surface area contributed by atoms with Crippen LogP contribution in [-0.4, -0.2) is 63.8 Å². The van der Waals surface area contributed by atoms with Crippen LogP contribution >= 0.6 is 15.9 Å². The predicted molar refractivity (Wildman–Crippen MR) is 125 cm³/mol. The number of hydrogen-bond donors (Lipinski definition) is 1. The van der Waals surface area contributed by atoms with E-state index in [9.17, 15) is 24.3 Å². The lowest BCUT2D eigenvalue weighted by atomic mass is 9.46. The first kappa shape index (κ1) is 26.1. The highest BCUT2D eigenvalue weighted by Gasteiger charge is 2.75. The largest absolute Gasteiger partial charge is 0.509 e. The van der Waals surface area contributed by atoms with E-state index >= 15 is 0 Å². The molecule has 1 heterocycles. The van der Waals surface area contributed by atoms with Crippen molar-refractivity contribution in [3.63, 3.8) is 0 Å². The van der Waals surface area contributed by atoms with E-state index in [0.717, 1.165) is 0 Å². The summed E-state index contributed by atoms with van der Waals surface area (Å²) in [7, 11) is 0. The third kappa shape index (κ3) is 3.57. The highest BCUT2D eigenvalue weighted by molar-refractivity contribution is 9.09. The molecule has 194 valence electrons. The molecule has 0 aromatic carbocycles. The number of ether oxygens (including phenoxy) is 4.